The average molecular weight is 369 g/mol. The molecule has 4 nitrogen and oxygen atoms in total. The Hall–Kier alpha value is -2.90. The number of alkyl halides is 3. The molecule has 0 heterocycles. The lowest BCUT2D eigenvalue weighted by atomic mass is 10.0. The molecule has 0 aliphatic carbocycles. The van der Waals surface area contributed by atoms with E-state index in [9.17, 15) is 27.2 Å². The van der Waals surface area contributed by atoms with Crippen molar-refractivity contribution in [3.05, 3.63) is 71.0 Å². The number of carbonyl (C=O) groups is 2. The number of ether oxygens (including phenoxy) is 1. The molecule has 0 unspecified atom stereocenters. The zero-order valence-electron chi connectivity index (χ0n) is 13.6. The summed E-state index contributed by atoms with van der Waals surface area (Å²) in [6.07, 6.45) is -4.58. The van der Waals surface area contributed by atoms with Crippen LogP contribution in [0.15, 0.2) is 48.5 Å². The molecule has 0 bridgehead atoms. The third kappa shape index (κ3) is 4.81. The van der Waals surface area contributed by atoms with Gasteiger partial charge < -0.3 is 10.1 Å². The van der Waals surface area contributed by atoms with E-state index in [1.54, 1.807) is 0 Å². The van der Waals surface area contributed by atoms with Gasteiger partial charge in [0.05, 0.1) is 18.2 Å². The van der Waals surface area contributed by atoms with Crippen molar-refractivity contribution in [2.75, 3.05) is 7.11 Å². The molecule has 0 aliphatic heterocycles. The maximum atomic E-state index is 13.7. The third-order valence-electron chi connectivity index (χ3n) is 3.63. The van der Waals surface area contributed by atoms with E-state index in [4.69, 9.17) is 0 Å². The minimum absolute atomic E-state index is 0.106. The molecule has 0 radical (unpaired) electrons. The number of hydrogen-bond donors (Lipinski definition) is 1. The van der Waals surface area contributed by atoms with Crippen molar-refractivity contribution < 1.29 is 31.9 Å². The topological polar surface area (TPSA) is 55.4 Å². The summed E-state index contributed by atoms with van der Waals surface area (Å²) in [6, 6.07) is 8.19. The third-order valence-corrected chi connectivity index (χ3v) is 3.63. The molecule has 1 N–H and O–H groups in total. The Morgan fingerprint density at radius 2 is 1.69 bits per heavy atom. The van der Waals surface area contributed by atoms with Gasteiger partial charge in [0.2, 0.25) is 0 Å². The molecule has 1 amide bonds. The van der Waals surface area contributed by atoms with E-state index >= 15 is 0 Å². The highest BCUT2D eigenvalue weighted by atomic mass is 19.4. The highest BCUT2D eigenvalue weighted by Gasteiger charge is 2.30. The fraction of sp³-hybridized carbons (Fsp3) is 0.222. The first-order valence-corrected chi connectivity index (χ1v) is 7.51. The lowest BCUT2D eigenvalue weighted by Gasteiger charge is -2.17. The molecule has 8 heteroatoms. The summed E-state index contributed by atoms with van der Waals surface area (Å²) in [6.45, 7) is 0. The Balaban J connectivity index is 2.16. The molecule has 1 atom stereocenters. The van der Waals surface area contributed by atoms with Gasteiger partial charge in [0.1, 0.15) is 11.9 Å². The number of esters is 1. The fourth-order valence-corrected chi connectivity index (χ4v) is 2.28. The summed E-state index contributed by atoms with van der Waals surface area (Å²) in [5.41, 5.74) is -0.706. The van der Waals surface area contributed by atoms with Gasteiger partial charge in [0.25, 0.3) is 5.91 Å². The smallest absolute Gasteiger partial charge is 0.416 e. The normalized spacial score (nSPS) is 12.3. The van der Waals surface area contributed by atoms with Gasteiger partial charge in [-0.1, -0.05) is 24.3 Å². The van der Waals surface area contributed by atoms with Gasteiger partial charge in [-0.3, -0.25) is 4.79 Å². The minimum Gasteiger partial charge on any atom is -0.467 e. The first kappa shape index (κ1) is 19.4. The number of rotatable bonds is 5. The van der Waals surface area contributed by atoms with Crippen molar-refractivity contribution >= 4 is 11.9 Å². The summed E-state index contributed by atoms with van der Waals surface area (Å²) in [5, 5.41) is 2.34. The van der Waals surface area contributed by atoms with Gasteiger partial charge in [-0.05, 0) is 29.8 Å². The van der Waals surface area contributed by atoms with Crippen molar-refractivity contribution in [1.29, 1.82) is 0 Å². The highest BCUT2D eigenvalue weighted by molar-refractivity contribution is 5.97. The fourth-order valence-electron chi connectivity index (χ4n) is 2.28. The number of halogens is 4. The predicted molar refractivity (Wildman–Crippen MR) is 84.8 cm³/mol. The van der Waals surface area contributed by atoms with Gasteiger partial charge in [-0.25, -0.2) is 9.18 Å². The van der Waals surface area contributed by atoms with Crippen LogP contribution in [0.5, 0.6) is 0 Å². The second-order valence-electron chi connectivity index (χ2n) is 5.43. The van der Waals surface area contributed by atoms with Crippen LogP contribution in [0.2, 0.25) is 0 Å². The summed E-state index contributed by atoms with van der Waals surface area (Å²) in [5.74, 6) is -2.39. The Morgan fingerprint density at radius 1 is 1.08 bits per heavy atom. The van der Waals surface area contributed by atoms with Gasteiger partial charge in [-0.15, -0.1) is 0 Å². The van der Waals surface area contributed by atoms with Crippen LogP contribution in [0.4, 0.5) is 17.6 Å². The van der Waals surface area contributed by atoms with Crippen LogP contribution in [0.25, 0.3) is 0 Å². The molecule has 138 valence electrons. The largest absolute Gasteiger partial charge is 0.467 e. The molecule has 0 aliphatic rings. The number of carbonyl (C=O) groups excluding carboxylic acids is 2. The highest BCUT2D eigenvalue weighted by Crippen LogP contribution is 2.29. The average Bonchev–Trinajstić information content (AvgIpc) is 2.60. The van der Waals surface area contributed by atoms with E-state index in [-0.39, 0.29) is 12.0 Å². The van der Waals surface area contributed by atoms with E-state index in [0.717, 1.165) is 25.3 Å². The zero-order chi connectivity index (χ0) is 19.3. The molecule has 0 fully saturated rings. The molecule has 2 aromatic rings. The molecular formula is C18H15F4NO3. The predicted octanol–water partition coefficient (Wildman–Crippen LogP) is 3.36. The SMILES string of the molecule is COC(=O)[C@@H](Cc1ccc(C(F)(F)F)cc1)NC(=O)c1ccccc1F. The zero-order valence-corrected chi connectivity index (χ0v) is 13.6. The van der Waals surface area contributed by atoms with Gasteiger partial charge in [0.15, 0.2) is 0 Å². The van der Waals surface area contributed by atoms with E-state index < -0.39 is 35.5 Å². The van der Waals surface area contributed by atoms with Gasteiger partial charge >= 0.3 is 12.1 Å². The van der Waals surface area contributed by atoms with Crippen molar-refractivity contribution in [2.45, 2.75) is 18.6 Å². The second-order valence-corrected chi connectivity index (χ2v) is 5.43. The van der Waals surface area contributed by atoms with E-state index in [1.165, 1.54) is 30.3 Å². The number of nitrogens with one attached hydrogen (secondary N) is 1. The number of hydrogen-bond acceptors (Lipinski definition) is 3. The first-order valence-electron chi connectivity index (χ1n) is 7.51. The molecule has 0 aromatic heterocycles. The summed E-state index contributed by atoms with van der Waals surface area (Å²) in [7, 11) is 1.11. The van der Waals surface area contributed by atoms with E-state index in [2.05, 4.69) is 10.1 Å². The molecule has 26 heavy (non-hydrogen) atoms. The van der Waals surface area contributed by atoms with Gasteiger partial charge in [0, 0.05) is 6.42 Å². The molecule has 2 rings (SSSR count). The quantitative estimate of drug-likeness (QED) is 0.650. The van der Waals surface area contributed by atoms with Crippen molar-refractivity contribution in [3.8, 4) is 0 Å². The standard InChI is InChI=1S/C18H15F4NO3/c1-26-17(25)15(23-16(24)13-4-2-3-5-14(13)19)10-11-6-8-12(9-7-11)18(20,21)22/h2-9,15H,10H2,1H3,(H,23,24)/t15-/m1/s1. The van der Waals surface area contributed by atoms with E-state index in [0.29, 0.717) is 5.56 Å². The molecule has 0 saturated heterocycles. The van der Waals surface area contributed by atoms with Crippen LogP contribution in [0, 0.1) is 5.82 Å². The number of amides is 1. The lowest BCUT2D eigenvalue weighted by molar-refractivity contribution is -0.143. The van der Waals surface area contributed by atoms with Crippen LogP contribution >= 0.6 is 0 Å². The Kier molecular flexibility index (Phi) is 5.97. The van der Waals surface area contributed by atoms with Crippen LogP contribution in [0.1, 0.15) is 21.5 Å². The lowest BCUT2D eigenvalue weighted by Crippen LogP contribution is -2.43. The Morgan fingerprint density at radius 3 is 2.23 bits per heavy atom. The van der Waals surface area contributed by atoms with E-state index in [1.807, 2.05) is 0 Å². The maximum Gasteiger partial charge on any atom is 0.416 e. The summed E-state index contributed by atoms with van der Waals surface area (Å²) >= 11 is 0. The first-order chi connectivity index (χ1) is 12.2. The summed E-state index contributed by atoms with van der Waals surface area (Å²) in [4.78, 5) is 24.0. The van der Waals surface area contributed by atoms with Crippen molar-refractivity contribution in [2.24, 2.45) is 0 Å². The Labute approximate surface area is 146 Å². The molecule has 0 saturated carbocycles. The molecule has 0 spiro atoms. The molecule has 2 aromatic carbocycles. The van der Waals surface area contributed by atoms with Crippen LogP contribution < -0.4 is 5.32 Å². The Bertz CT molecular complexity index is 788. The monoisotopic (exact) mass is 369 g/mol. The minimum atomic E-state index is -4.47. The van der Waals surface area contributed by atoms with Crippen molar-refractivity contribution in [1.82, 2.24) is 5.32 Å². The summed E-state index contributed by atoms with van der Waals surface area (Å²) < 4.78 is 56.1. The number of methoxy groups -OCH3 is 1. The number of benzene rings is 2. The second kappa shape index (κ2) is 7.99. The van der Waals surface area contributed by atoms with Crippen LogP contribution in [0.3, 0.4) is 0 Å². The van der Waals surface area contributed by atoms with Crippen LogP contribution in [-0.2, 0) is 22.1 Å². The van der Waals surface area contributed by atoms with Crippen molar-refractivity contribution in [3.63, 3.8) is 0 Å². The maximum absolute atomic E-state index is 13.7. The molecular weight excluding hydrogens is 354 g/mol. The van der Waals surface area contributed by atoms with Crippen LogP contribution in [-0.4, -0.2) is 25.0 Å². The van der Waals surface area contributed by atoms with Gasteiger partial charge in [-0.2, -0.15) is 13.2 Å².